The Balaban J connectivity index is 2.03. The minimum Gasteiger partial charge on any atom is -0.324 e. The number of hydrogen-bond acceptors (Lipinski definition) is 2. The molecule has 0 aliphatic heterocycles. The van der Waals surface area contributed by atoms with E-state index >= 15 is 0 Å². The third kappa shape index (κ3) is 25.5. The molecule has 0 radical (unpaired) electrons. The van der Waals surface area contributed by atoms with Crippen LogP contribution in [0.4, 0.5) is 11.4 Å². The summed E-state index contributed by atoms with van der Waals surface area (Å²) in [6.45, 7) is 4.55. The Kier molecular flexibility index (Phi) is 28.5. The van der Waals surface area contributed by atoms with E-state index in [-0.39, 0.29) is 11.8 Å². The van der Waals surface area contributed by atoms with Crippen LogP contribution in [0.5, 0.6) is 0 Å². The lowest BCUT2D eigenvalue weighted by atomic mass is 10.0. The molecule has 0 saturated carbocycles. The van der Waals surface area contributed by atoms with Crippen molar-refractivity contribution in [1.29, 1.82) is 0 Å². The lowest BCUT2D eigenvalue weighted by Crippen LogP contribution is -2.16. The molecule has 0 spiro atoms. The molecule has 0 heterocycles. The van der Waals surface area contributed by atoms with Crippen LogP contribution in [0.25, 0.3) is 0 Å². The summed E-state index contributed by atoms with van der Waals surface area (Å²) in [6, 6.07) is 7.58. The van der Waals surface area contributed by atoms with Crippen molar-refractivity contribution in [2.24, 2.45) is 0 Å². The highest BCUT2D eigenvalue weighted by Crippen LogP contribution is 2.22. The lowest BCUT2D eigenvalue weighted by Gasteiger charge is -2.12. The van der Waals surface area contributed by atoms with E-state index in [0.717, 1.165) is 25.7 Å². The molecule has 4 heteroatoms. The smallest absolute Gasteiger partial charge is 0.224 e. The average Bonchev–Trinajstić information content (AvgIpc) is 3.02. The third-order valence-corrected chi connectivity index (χ3v) is 8.99. The Morgan fingerprint density at radius 1 is 0.386 bits per heavy atom. The van der Waals surface area contributed by atoms with Crippen LogP contribution < -0.4 is 10.6 Å². The molecule has 1 rings (SSSR count). The number of hydrogen-bond donors (Lipinski definition) is 2. The van der Waals surface area contributed by atoms with Gasteiger partial charge < -0.3 is 10.6 Å². The second kappa shape index (κ2) is 31.2. The highest BCUT2D eigenvalue weighted by Gasteiger charge is 2.09. The van der Waals surface area contributed by atoms with Gasteiger partial charge in [-0.15, -0.1) is 0 Å². The highest BCUT2D eigenvalue weighted by atomic mass is 16.2. The fourth-order valence-corrected chi connectivity index (χ4v) is 6.09. The first kappa shape index (κ1) is 40.2. The number of amides is 2. The monoisotopic (exact) mass is 613 g/mol. The van der Waals surface area contributed by atoms with Gasteiger partial charge in [-0.1, -0.05) is 193 Å². The van der Waals surface area contributed by atoms with Gasteiger partial charge >= 0.3 is 0 Å². The van der Waals surface area contributed by atoms with E-state index in [1.807, 2.05) is 24.3 Å². The topological polar surface area (TPSA) is 58.2 Å². The second-order valence-electron chi connectivity index (χ2n) is 13.3. The Labute approximate surface area is 273 Å². The van der Waals surface area contributed by atoms with Crippen LogP contribution in [-0.4, -0.2) is 11.8 Å². The van der Waals surface area contributed by atoms with Gasteiger partial charge in [-0.05, 0) is 25.0 Å². The van der Waals surface area contributed by atoms with Crippen molar-refractivity contribution in [2.45, 2.75) is 206 Å². The Bertz CT molecular complexity index is 728. The van der Waals surface area contributed by atoms with Crippen LogP contribution in [0, 0.1) is 0 Å². The van der Waals surface area contributed by atoms with Gasteiger partial charge in [-0.2, -0.15) is 0 Å². The van der Waals surface area contributed by atoms with Crippen molar-refractivity contribution >= 4 is 23.2 Å². The predicted octanol–water partition coefficient (Wildman–Crippen LogP) is 13.3. The van der Waals surface area contributed by atoms with E-state index in [2.05, 4.69) is 24.5 Å². The van der Waals surface area contributed by atoms with Crippen molar-refractivity contribution in [1.82, 2.24) is 0 Å². The van der Waals surface area contributed by atoms with Gasteiger partial charge in [0, 0.05) is 12.8 Å². The van der Waals surface area contributed by atoms with Crippen molar-refractivity contribution in [3.8, 4) is 0 Å². The number of benzene rings is 1. The normalized spacial score (nSPS) is 11.1. The minimum atomic E-state index is 0.0395. The van der Waals surface area contributed by atoms with Crippen molar-refractivity contribution in [3.63, 3.8) is 0 Å². The van der Waals surface area contributed by atoms with Gasteiger partial charge in [-0.25, -0.2) is 0 Å². The van der Waals surface area contributed by atoms with Gasteiger partial charge in [0.15, 0.2) is 0 Å². The van der Waals surface area contributed by atoms with Crippen LogP contribution in [0.3, 0.4) is 0 Å². The lowest BCUT2D eigenvalue weighted by molar-refractivity contribution is -0.117. The zero-order valence-corrected chi connectivity index (χ0v) is 29.3. The summed E-state index contributed by atoms with van der Waals surface area (Å²) in [5.41, 5.74) is 1.41. The minimum absolute atomic E-state index is 0.0395. The Hall–Kier alpha value is -1.84. The Morgan fingerprint density at radius 2 is 0.614 bits per heavy atom. The maximum absolute atomic E-state index is 12.6. The SMILES string of the molecule is CCCCCCCCCCCCCCCCC(=O)Nc1ccccc1NC(=O)CCCCCCCCCCCCCCCC. The molecule has 254 valence electrons. The predicted molar refractivity (Wildman–Crippen MR) is 194 cm³/mol. The molecule has 0 aromatic heterocycles. The molecule has 0 aliphatic carbocycles. The molecule has 1 aromatic carbocycles. The molecule has 4 nitrogen and oxygen atoms in total. The molecule has 44 heavy (non-hydrogen) atoms. The zero-order valence-electron chi connectivity index (χ0n) is 29.3. The summed E-state index contributed by atoms with van der Waals surface area (Å²) in [6.07, 6.45) is 37.9. The molecule has 2 amide bonds. The summed E-state index contributed by atoms with van der Waals surface area (Å²) in [5.74, 6) is 0.0789. The van der Waals surface area contributed by atoms with E-state index in [1.165, 1.54) is 154 Å². The molecule has 0 unspecified atom stereocenters. The molecule has 1 aromatic rings. The van der Waals surface area contributed by atoms with Gasteiger partial charge in [0.05, 0.1) is 11.4 Å². The van der Waals surface area contributed by atoms with Gasteiger partial charge in [0.25, 0.3) is 0 Å². The largest absolute Gasteiger partial charge is 0.324 e. The van der Waals surface area contributed by atoms with Crippen LogP contribution in [-0.2, 0) is 9.59 Å². The average molecular weight is 613 g/mol. The standard InChI is InChI=1S/C40H72N2O2/c1-3-5-7-9-11-13-15-17-19-21-23-25-27-29-35-39(43)41-37-33-31-32-34-38(37)42-40(44)36-30-28-26-24-22-20-18-16-14-12-10-8-6-4-2/h31-34H,3-30,35-36H2,1-2H3,(H,41,43)(H,42,44). The summed E-state index contributed by atoms with van der Waals surface area (Å²) in [7, 11) is 0. The zero-order chi connectivity index (χ0) is 31.8. The van der Waals surface area contributed by atoms with E-state index in [1.54, 1.807) is 0 Å². The highest BCUT2D eigenvalue weighted by molar-refractivity contribution is 5.99. The number of carbonyl (C=O) groups excluding carboxylic acids is 2. The number of para-hydroxylation sites is 2. The van der Waals surface area contributed by atoms with Gasteiger partial charge in [0.1, 0.15) is 0 Å². The quantitative estimate of drug-likeness (QED) is 0.0795. The fourth-order valence-electron chi connectivity index (χ4n) is 6.09. The summed E-state index contributed by atoms with van der Waals surface area (Å²) in [4.78, 5) is 25.1. The maximum atomic E-state index is 12.6. The number of carbonyl (C=O) groups is 2. The molecule has 0 bridgehead atoms. The summed E-state index contributed by atoms with van der Waals surface area (Å²) >= 11 is 0. The molecular formula is C40H72N2O2. The number of rotatable bonds is 32. The molecule has 0 fully saturated rings. The van der Waals surface area contributed by atoms with Crippen molar-refractivity contribution in [2.75, 3.05) is 10.6 Å². The first-order valence-electron chi connectivity index (χ1n) is 19.4. The maximum Gasteiger partial charge on any atom is 0.224 e. The molecular weight excluding hydrogens is 540 g/mol. The van der Waals surface area contributed by atoms with Gasteiger partial charge in [-0.3, -0.25) is 9.59 Å². The van der Waals surface area contributed by atoms with Crippen LogP contribution in [0.15, 0.2) is 24.3 Å². The summed E-state index contributed by atoms with van der Waals surface area (Å²) in [5, 5.41) is 6.06. The second-order valence-corrected chi connectivity index (χ2v) is 13.3. The third-order valence-electron chi connectivity index (χ3n) is 8.99. The fraction of sp³-hybridized carbons (Fsp3) is 0.800. The van der Waals surface area contributed by atoms with Crippen molar-refractivity contribution in [3.05, 3.63) is 24.3 Å². The van der Waals surface area contributed by atoms with Crippen molar-refractivity contribution < 1.29 is 9.59 Å². The number of anilines is 2. The van der Waals surface area contributed by atoms with Crippen LogP contribution in [0.1, 0.15) is 206 Å². The number of unbranched alkanes of at least 4 members (excludes halogenated alkanes) is 26. The van der Waals surface area contributed by atoms with Gasteiger partial charge in [0.2, 0.25) is 11.8 Å². The number of nitrogens with one attached hydrogen (secondary N) is 2. The summed E-state index contributed by atoms with van der Waals surface area (Å²) < 4.78 is 0. The first-order chi connectivity index (χ1) is 21.7. The molecule has 0 aliphatic rings. The van der Waals surface area contributed by atoms with E-state index < -0.39 is 0 Å². The molecule has 0 saturated heterocycles. The molecule has 0 atom stereocenters. The van der Waals surface area contributed by atoms with E-state index in [9.17, 15) is 9.59 Å². The molecule has 2 N–H and O–H groups in total. The Morgan fingerprint density at radius 3 is 0.864 bits per heavy atom. The van der Waals surface area contributed by atoms with E-state index in [0.29, 0.717) is 24.2 Å². The van der Waals surface area contributed by atoms with E-state index in [4.69, 9.17) is 0 Å². The first-order valence-corrected chi connectivity index (χ1v) is 19.4. The van der Waals surface area contributed by atoms with Crippen LogP contribution in [0.2, 0.25) is 0 Å². The van der Waals surface area contributed by atoms with Crippen LogP contribution >= 0.6 is 0 Å².